The van der Waals surface area contributed by atoms with Gasteiger partial charge in [0, 0.05) is 9.86 Å². The van der Waals surface area contributed by atoms with E-state index in [2.05, 4.69) is 58.4 Å². The Kier molecular flexibility index (Phi) is 3.71. The molecule has 0 radical (unpaired) electrons. The van der Waals surface area contributed by atoms with E-state index in [0.717, 1.165) is 27.2 Å². The van der Waals surface area contributed by atoms with Crippen LogP contribution >= 0.6 is 27.5 Å². The third kappa shape index (κ3) is 2.68. The number of halogens is 2. The average Bonchev–Trinajstić information content (AvgIpc) is 3.38. The van der Waals surface area contributed by atoms with E-state index in [1.54, 1.807) is 0 Å². The third-order valence-corrected chi connectivity index (χ3v) is 5.53. The van der Waals surface area contributed by atoms with Crippen LogP contribution in [0.15, 0.2) is 59.1 Å². The SMILES string of the molecule is Clc1c(Cc2ccc(C3CC3)cc2)cc(Br)c2ccccc12. The standard InChI is InChI=1S/C20H16BrCl/c21-19-12-16(20(22)18-4-2-1-3-17(18)19)11-13-5-7-14(8-6-13)15-9-10-15/h1-8,12,15H,9-11H2. The summed E-state index contributed by atoms with van der Waals surface area (Å²) in [5.41, 5.74) is 3.97. The number of rotatable bonds is 3. The molecule has 0 N–H and O–H groups in total. The quantitative estimate of drug-likeness (QED) is 0.479. The van der Waals surface area contributed by atoms with Crippen molar-refractivity contribution in [3.8, 4) is 0 Å². The normalized spacial score (nSPS) is 14.5. The van der Waals surface area contributed by atoms with Crippen LogP contribution in [0.25, 0.3) is 10.8 Å². The van der Waals surface area contributed by atoms with E-state index in [1.165, 1.54) is 34.9 Å². The van der Waals surface area contributed by atoms with Crippen molar-refractivity contribution in [3.05, 3.63) is 80.8 Å². The summed E-state index contributed by atoms with van der Waals surface area (Å²) in [6, 6.07) is 19.4. The van der Waals surface area contributed by atoms with Gasteiger partial charge in [-0.3, -0.25) is 0 Å². The van der Waals surface area contributed by atoms with E-state index in [1.807, 2.05) is 12.1 Å². The number of hydrogen-bond acceptors (Lipinski definition) is 0. The molecule has 1 aliphatic carbocycles. The lowest BCUT2D eigenvalue weighted by molar-refractivity contribution is 1.11. The zero-order valence-corrected chi connectivity index (χ0v) is 14.5. The zero-order chi connectivity index (χ0) is 15.1. The molecule has 110 valence electrons. The first-order chi connectivity index (χ1) is 10.7. The van der Waals surface area contributed by atoms with Crippen LogP contribution in [0.2, 0.25) is 5.02 Å². The molecule has 3 aromatic carbocycles. The molecule has 0 atom stereocenters. The van der Waals surface area contributed by atoms with Crippen molar-refractivity contribution in [2.75, 3.05) is 0 Å². The number of benzene rings is 3. The Morgan fingerprint density at radius 3 is 2.32 bits per heavy atom. The van der Waals surface area contributed by atoms with E-state index >= 15 is 0 Å². The highest BCUT2D eigenvalue weighted by atomic mass is 79.9. The van der Waals surface area contributed by atoms with Crippen molar-refractivity contribution in [3.63, 3.8) is 0 Å². The summed E-state index contributed by atoms with van der Waals surface area (Å²) in [7, 11) is 0. The molecule has 2 heteroatoms. The Bertz CT molecular complexity index is 832. The lowest BCUT2D eigenvalue weighted by Gasteiger charge is -2.10. The fourth-order valence-electron chi connectivity index (χ4n) is 3.02. The molecule has 0 aromatic heterocycles. The molecule has 1 saturated carbocycles. The second-order valence-corrected chi connectivity index (χ2v) is 7.30. The molecule has 22 heavy (non-hydrogen) atoms. The molecular weight excluding hydrogens is 356 g/mol. The van der Waals surface area contributed by atoms with E-state index in [4.69, 9.17) is 11.6 Å². The maximum absolute atomic E-state index is 6.63. The molecule has 3 aromatic rings. The predicted molar refractivity (Wildman–Crippen MR) is 97.9 cm³/mol. The van der Waals surface area contributed by atoms with Gasteiger partial charge >= 0.3 is 0 Å². The van der Waals surface area contributed by atoms with Gasteiger partial charge in [0.15, 0.2) is 0 Å². The predicted octanol–water partition coefficient (Wildman–Crippen LogP) is 6.72. The van der Waals surface area contributed by atoms with E-state index in [-0.39, 0.29) is 0 Å². The molecule has 0 nitrogen and oxygen atoms in total. The van der Waals surface area contributed by atoms with Crippen LogP contribution in [0.1, 0.15) is 35.4 Å². The van der Waals surface area contributed by atoms with Crippen molar-refractivity contribution in [2.24, 2.45) is 0 Å². The minimum atomic E-state index is 0.812. The van der Waals surface area contributed by atoms with E-state index in [9.17, 15) is 0 Å². The highest BCUT2D eigenvalue weighted by molar-refractivity contribution is 9.10. The fraction of sp³-hybridized carbons (Fsp3) is 0.200. The smallest absolute Gasteiger partial charge is 0.0520 e. The molecule has 0 bridgehead atoms. The van der Waals surface area contributed by atoms with Crippen LogP contribution < -0.4 is 0 Å². The monoisotopic (exact) mass is 370 g/mol. The summed E-state index contributed by atoms with van der Waals surface area (Å²) in [6.07, 6.45) is 3.57. The summed E-state index contributed by atoms with van der Waals surface area (Å²) in [4.78, 5) is 0. The van der Waals surface area contributed by atoms with Gasteiger partial charge in [0.2, 0.25) is 0 Å². The maximum Gasteiger partial charge on any atom is 0.0520 e. The highest BCUT2D eigenvalue weighted by Crippen LogP contribution is 2.40. The van der Waals surface area contributed by atoms with Gasteiger partial charge in [0.25, 0.3) is 0 Å². The fourth-order valence-corrected chi connectivity index (χ4v) is 3.93. The van der Waals surface area contributed by atoms with Crippen LogP contribution in [0.5, 0.6) is 0 Å². The highest BCUT2D eigenvalue weighted by Gasteiger charge is 2.22. The Morgan fingerprint density at radius 1 is 0.955 bits per heavy atom. The second-order valence-electron chi connectivity index (χ2n) is 6.07. The molecule has 4 rings (SSSR count). The summed E-state index contributed by atoms with van der Waals surface area (Å²) >= 11 is 10.3. The van der Waals surface area contributed by atoms with Gasteiger partial charge in [-0.15, -0.1) is 0 Å². The van der Waals surface area contributed by atoms with Gasteiger partial charge in [-0.25, -0.2) is 0 Å². The largest absolute Gasteiger partial charge is 0.0833 e. The van der Waals surface area contributed by atoms with Gasteiger partial charge in [-0.2, -0.15) is 0 Å². The molecule has 0 unspecified atom stereocenters. The summed E-state index contributed by atoms with van der Waals surface area (Å²) in [5, 5.41) is 3.15. The topological polar surface area (TPSA) is 0 Å². The van der Waals surface area contributed by atoms with Crippen molar-refractivity contribution in [1.29, 1.82) is 0 Å². The first kappa shape index (κ1) is 14.3. The Hall–Kier alpha value is -1.31. The van der Waals surface area contributed by atoms with Crippen molar-refractivity contribution < 1.29 is 0 Å². The molecule has 1 aliphatic rings. The van der Waals surface area contributed by atoms with Crippen LogP contribution in [-0.4, -0.2) is 0 Å². The van der Waals surface area contributed by atoms with E-state index in [0.29, 0.717) is 0 Å². The van der Waals surface area contributed by atoms with Gasteiger partial charge in [-0.05, 0) is 53.3 Å². The lowest BCUT2D eigenvalue weighted by Crippen LogP contribution is -1.92. The molecule has 1 fully saturated rings. The lowest BCUT2D eigenvalue weighted by atomic mass is 9.99. The molecule has 0 heterocycles. The van der Waals surface area contributed by atoms with Crippen LogP contribution in [0, 0.1) is 0 Å². The average molecular weight is 372 g/mol. The molecule has 0 saturated heterocycles. The van der Waals surface area contributed by atoms with Crippen molar-refractivity contribution >= 4 is 38.3 Å². The Balaban J connectivity index is 1.70. The van der Waals surface area contributed by atoms with Gasteiger partial charge in [-0.1, -0.05) is 76.1 Å². The van der Waals surface area contributed by atoms with Gasteiger partial charge < -0.3 is 0 Å². The second kappa shape index (κ2) is 5.72. The molecule has 0 aliphatic heterocycles. The molecular formula is C20H16BrCl. The van der Waals surface area contributed by atoms with Gasteiger partial charge in [0.05, 0.1) is 5.02 Å². The van der Waals surface area contributed by atoms with Crippen molar-refractivity contribution in [2.45, 2.75) is 25.2 Å². The number of hydrogen-bond donors (Lipinski definition) is 0. The first-order valence-corrected chi connectivity index (χ1v) is 8.84. The van der Waals surface area contributed by atoms with Crippen LogP contribution in [0.3, 0.4) is 0 Å². The summed E-state index contributed by atoms with van der Waals surface area (Å²) in [6.45, 7) is 0. The Labute approximate surface area is 144 Å². The van der Waals surface area contributed by atoms with E-state index < -0.39 is 0 Å². The van der Waals surface area contributed by atoms with Crippen LogP contribution in [0.4, 0.5) is 0 Å². The first-order valence-electron chi connectivity index (χ1n) is 7.67. The molecule has 0 spiro atoms. The minimum absolute atomic E-state index is 0.812. The maximum atomic E-state index is 6.63. The van der Waals surface area contributed by atoms with Gasteiger partial charge in [0.1, 0.15) is 0 Å². The van der Waals surface area contributed by atoms with Crippen molar-refractivity contribution in [1.82, 2.24) is 0 Å². The summed E-state index contributed by atoms with van der Waals surface area (Å²) < 4.78 is 1.11. The minimum Gasteiger partial charge on any atom is -0.0833 e. The third-order valence-electron chi connectivity index (χ3n) is 4.43. The number of fused-ring (bicyclic) bond motifs is 1. The summed E-state index contributed by atoms with van der Waals surface area (Å²) in [5.74, 6) is 0.812. The molecule has 0 amide bonds. The Morgan fingerprint density at radius 2 is 1.64 bits per heavy atom. The van der Waals surface area contributed by atoms with Crippen LogP contribution in [-0.2, 0) is 6.42 Å². The zero-order valence-electron chi connectivity index (χ0n) is 12.2.